The first-order valence-corrected chi connectivity index (χ1v) is 11.7. The molecule has 10 heteroatoms. The lowest BCUT2D eigenvalue weighted by Crippen LogP contribution is -2.06. The van der Waals surface area contributed by atoms with Crippen LogP contribution in [0.15, 0.2) is 73.2 Å². The molecule has 192 valence electrons. The van der Waals surface area contributed by atoms with Crippen LogP contribution in [0.1, 0.15) is 16.7 Å². The molecule has 0 aliphatic carbocycles. The molecule has 0 unspecified atom stereocenters. The topological polar surface area (TPSA) is 84.9 Å². The first kappa shape index (κ1) is 24.9. The van der Waals surface area contributed by atoms with Crippen molar-refractivity contribution < 1.29 is 17.9 Å². The van der Waals surface area contributed by atoms with Gasteiger partial charge in [0.25, 0.3) is 0 Å². The number of aryl methyl sites for hydroxylation is 2. The van der Waals surface area contributed by atoms with Crippen LogP contribution in [-0.4, -0.2) is 27.0 Å². The fraction of sp³-hybridized carbons (Fsp3) is 0.143. The summed E-state index contributed by atoms with van der Waals surface area (Å²) in [5.41, 5.74) is 2.40. The Kier molecular flexibility index (Phi) is 6.54. The minimum atomic E-state index is -4.45. The van der Waals surface area contributed by atoms with Crippen molar-refractivity contribution in [3.05, 3.63) is 89.9 Å². The molecule has 0 spiro atoms. The number of benzene rings is 2. The van der Waals surface area contributed by atoms with Crippen molar-refractivity contribution in [2.24, 2.45) is 0 Å². The Hall–Kier alpha value is -4.73. The molecule has 0 radical (unpaired) electrons. The van der Waals surface area contributed by atoms with Crippen LogP contribution in [0.5, 0.6) is 11.6 Å². The largest absolute Gasteiger partial charge is 0.437 e. The molecule has 0 saturated heterocycles. The first-order chi connectivity index (χ1) is 18.2. The van der Waals surface area contributed by atoms with Crippen molar-refractivity contribution in [2.45, 2.75) is 20.0 Å². The Labute approximate surface area is 216 Å². The number of anilines is 3. The summed E-state index contributed by atoms with van der Waals surface area (Å²) in [5.74, 6) is 1.77. The average Bonchev–Trinajstić information content (AvgIpc) is 2.91. The third kappa shape index (κ3) is 4.93. The number of pyridine rings is 2. The number of aromatic nitrogens is 4. The first-order valence-electron chi connectivity index (χ1n) is 11.7. The van der Waals surface area contributed by atoms with Gasteiger partial charge in [-0.1, -0.05) is 18.2 Å². The van der Waals surface area contributed by atoms with E-state index in [0.717, 1.165) is 23.1 Å². The van der Waals surface area contributed by atoms with Crippen LogP contribution in [0.2, 0.25) is 0 Å². The average molecular weight is 517 g/mol. The Bertz CT molecular complexity index is 1640. The number of ether oxygens (including phenoxy) is 1. The highest BCUT2D eigenvalue weighted by molar-refractivity contribution is 5.98. The van der Waals surface area contributed by atoms with Gasteiger partial charge in [0.05, 0.1) is 16.8 Å². The molecule has 2 N–H and O–H groups in total. The third-order valence-electron chi connectivity index (χ3n) is 6.04. The van der Waals surface area contributed by atoms with Crippen molar-refractivity contribution in [3.63, 3.8) is 0 Å². The summed E-state index contributed by atoms with van der Waals surface area (Å²) in [5, 5.41) is 7.41. The second-order valence-electron chi connectivity index (χ2n) is 8.59. The maximum absolute atomic E-state index is 13.3. The highest BCUT2D eigenvalue weighted by Crippen LogP contribution is 2.39. The van der Waals surface area contributed by atoms with E-state index in [9.17, 15) is 13.2 Å². The van der Waals surface area contributed by atoms with Crippen LogP contribution >= 0.6 is 0 Å². The molecule has 0 saturated carbocycles. The number of rotatable bonds is 6. The highest BCUT2D eigenvalue weighted by Gasteiger charge is 2.31. The molecule has 0 amide bonds. The second-order valence-corrected chi connectivity index (χ2v) is 8.59. The van der Waals surface area contributed by atoms with Gasteiger partial charge >= 0.3 is 6.18 Å². The van der Waals surface area contributed by atoms with Gasteiger partial charge in [0.1, 0.15) is 11.6 Å². The molecule has 7 nitrogen and oxygen atoms in total. The maximum Gasteiger partial charge on any atom is 0.416 e. The summed E-state index contributed by atoms with van der Waals surface area (Å²) in [6, 6.07) is 14.5. The molecule has 0 atom stereocenters. The fourth-order valence-corrected chi connectivity index (χ4v) is 4.02. The van der Waals surface area contributed by atoms with E-state index in [-0.39, 0.29) is 0 Å². The van der Waals surface area contributed by atoms with Gasteiger partial charge in [0.15, 0.2) is 0 Å². The lowest BCUT2D eigenvalue weighted by Gasteiger charge is -2.17. The number of fused-ring (bicyclic) bond motifs is 1. The van der Waals surface area contributed by atoms with Crippen molar-refractivity contribution in [3.8, 4) is 22.9 Å². The zero-order chi connectivity index (χ0) is 26.9. The van der Waals surface area contributed by atoms with E-state index in [1.807, 2.05) is 25.1 Å². The third-order valence-corrected chi connectivity index (χ3v) is 6.04. The van der Waals surface area contributed by atoms with Crippen LogP contribution in [0.25, 0.3) is 22.0 Å². The van der Waals surface area contributed by atoms with Crippen LogP contribution in [-0.2, 0) is 6.18 Å². The summed E-state index contributed by atoms with van der Waals surface area (Å²) in [7, 11) is 1.74. The van der Waals surface area contributed by atoms with Crippen LogP contribution in [0.4, 0.5) is 30.6 Å². The van der Waals surface area contributed by atoms with Gasteiger partial charge in [-0.3, -0.25) is 0 Å². The molecule has 2 aromatic carbocycles. The predicted octanol–water partition coefficient (Wildman–Crippen LogP) is 7.30. The molecule has 3 aromatic heterocycles. The molecular weight excluding hydrogens is 493 g/mol. The van der Waals surface area contributed by atoms with Crippen molar-refractivity contribution in [1.29, 1.82) is 0 Å². The number of alkyl halides is 3. The monoisotopic (exact) mass is 516 g/mol. The van der Waals surface area contributed by atoms with Gasteiger partial charge in [-0.25, -0.2) is 19.9 Å². The summed E-state index contributed by atoms with van der Waals surface area (Å²) in [4.78, 5) is 17.5. The summed E-state index contributed by atoms with van der Waals surface area (Å²) in [6.07, 6.45) is 0.410. The van der Waals surface area contributed by atoms with E-state index in [0.29, 0.717) is 51.3 Å². The Morgan fingerprint density at radius 1 is 0.816 bits per heavy atom. The van der Waals surface area contributed by atoms with Crippen molar-refractivity contribution in [1.82, 2.24) is 19.9 Å². The summed E-state index contributed by atoms with van der Waals surface area (Å²) in [6.45, 7) is 3.65. The minimum absolute atomic E-state index is 0.318. The van der Waals surface area contributed by atoms with E-state index in [1.54, 1.807) is 50.8 Å². The smallest absolute Gasteiger partial charge is 0.416 e. The molecule has 0 fully saturated rings. The van der Waals surface area contributed by atoms with Crippen LogP contribution < -0.4 is 15.4 Å². The Morgan fingerprint density at radius 2 is 1.61 bits per heavy atom. The number of halogens is 3. The zero-order valence-corrected chi connectivity index (χ0v) is 20.8. The lowest BCUT2D eigenvalue weighted by molar-refractivity contribution is -0.137. The molecule has 3 heterocycles. The van der Waals surface area contributed by atoms with E-state index in [2.05, 4.69) is 30.6 Å². The van der Waals surface area contributed by atoms with Gasteiger partial charge in [-0.05, 0) is 61.4 Å². The minimum Gasteiger partial charge on any atom is -0.437 e. The number of hydrogen-bond acceptors (Lipinski definition) is 7. The van der Waals surface area contributed by atoms with E-state index in [1.165, 1.54) is 6.07 Å². The second kappa shape index (κ2) is 9.97. The molecule has 5 rings (SSSR count). The van der Waals surface area contributed by atoms with Gasteiger partial charge in [-0.15, -0.1) is 0 Å². The zero-order valence-electron chi connectivity index (χ0n) is 20.8. The number of hydrogen-bond donors (Lipinski definition) is 2. The molecule has 0 bridgehead atoms. The molecule has 0 aliphatic rings. The fourth-order valence-electron chi connectivity index (χ4n) is 4.02. The molecule has 0 aliphatic heterocycles. The van der Waals surface area contributed by atoms with E-state index < -0.39 is 11.7 Å². The van der Waals surface area contributed by atoms with Crippen LogP contribution in [0, 0.1) is 13.8 Å². The van der Waals surface area contributed by atoms with Crippen LogP contribution in [0.3, 0.4) is 0 Å². The van der Waals surface area contributed by atoms with Gasteiger partial charge in [0.2, 0.25) is 11.8 Å². The van der Waals surface area contributed by atoms with Gasteiger partial charge in [0, 0.05) is 42.1 Å². The van der Waals surface area contributed by atoms with Crippen molar-refractivity contribution >= 4 is 28.2 Å². The predicted molar refractivity (Wildman–Crippen MR) is 141 cm³/mol. The Morgan fingerprint density at radius 3 is 2.39 bits per heavy atom. The molecular formula is C28H23F3N6O. The van der Waals surface area contributed by atoms with Gasteiger partial charge in [-0.2, -0.15) is 13.2 Å². The lowest BCUT2D eigenvalue weighted by atomic mass is 10.1. The number of nitrogens with one attached hydrogen (secondary N) is 2. The Balaban J connectivity index is 1.57. The molecule has 5 aromatic rings. The summed E-state index contributed by atoms with van der Waals surface area (Å²) >= 11 is 0. The normalized spacial score (nSPS) is 11.4. The SMILES string of the molecule is CNc1nccc(-c2cccnc2Oc2c(C)ccc3c(Nc4cc(C(F)(F)F)ccc4C)nccc23)n1. The number of nitrogens with zero attached hydrogens (tertiary/aromatic N) is 4. The molecule has 38 heavy (non-hydrogen) atoms. The van der Waals surface area contributed by atoms with Gasteiger partial charge < -0.3 is 15.4 Å². The highest BCUT2D eigenvalue weighted by atomic mass is 19.4. The van der Waals surface area contributed by atoms with E-state index in [4.69, 9.17) is 4.74 Å². The van der Waals surface area contributed by atoms with E-state index >= 15 is 0 Å². The maximum atomic E-state index is 13.3. The summed E-state index contributed by atoms with van der Waals surface area (Å²) < 4.78 is 46.3. The quantitative estimate of drug-likeness (QED) is 0.245. The standard InChI is InChI=1S/C28H23F3N6O/c1-16-6-8-18(28(29,30)31)15-23(16)36-25-20-9-7-17(2)24(19(20)10-13-33-25)38-26-21(5-4-12-34-26)22-11-14-35-27(32-3)37-22/h4-15H,1-3H3,(H,33,36)(H,32,35,37). The van der Waals surface area contributed by atoms with Crippen molar-refractivity contribution in [2.75, 3.05) is 17.7 Å².